The highest BCUT2D eigenvalue weighted by atomic mass is 32.2. The summed E-state index contributed by atoms with van der Waals surface area (Å²) >= 11 is 0. The van der Waals surface area contributed by atoms with Gasteiger partial charge in [-0.1, -0.05) is 0 Å². The number of amides is 2. The maximum atomic E-state index is 14.4. The quantitative estimate of drug-likeness (QED) is 0.368. The number of fused-ring (bicyclic) bond motifs is 1. The van der Waals surface area contributed by atoms with E-state index in [1.165, 1.54) is 42.5 Å². The third-order valence-electron chi connectivity index (χ3n) is 5.01. The Hall–Kier alpha value is -4.33. The number of anilines is 3. The van der Waals surface area contributed by atoms with E-state index in [2.05, 4.69) is 4.98 Å². The first-order valence-electron chi connectivity index (χ1n) is 9.98. The molecule has 4 rings (SSSR count). The van der Waals surface area contributed by atoms with Gasteiger partial charge in [-0.15, -0.1) is 0 Å². The maximum absolute atomic E-state index is 14.4. The highest BCUT2D eigenvalue weighted by Gasteiger charge is 2.32. The number of urea groups is 1. The molecule has 9 nitrogen and oxygen atoms in total. The predicted octanol–water partition coefficient (Wildman–Crippen LogP) is 4.59. The summed E-state index contributed by atoms with van der Waals surface area (Å²) in [6.07, 6.45) is -3.77. The molecule has 1 aromatic heterocycles. The standard InChI is InChI=1S/C22H17F4N5O4S/c1-36(33,34)31-18-9-7-15(11-17(18)29-20(31)27)35-14-5-3-13(4-6-14)30(21(28)32)19-10-12(22(24,25)26)2-8-16(19)23/h2-11H,1H3,(H2,27,29)(H2,28,32). The van der Waals surface area contributed by atoms with E-state index in [-0.39, 0.29) is 34.2 Å². The van der Waals surface area contributed by atoms with Crippen LogP contribution in [0.4, 0.5) is 39.7 Å². The summed E-state index contributed by atoms with van der Waals surface area (Å²) in [5, 5.41) is 0. The van der Waals surface area contributed by atoms with Crippen molar-refractivity contribution < 1.29 is 35.5 Å². The van der Waals surface area contributed by atoms with E-state index < -0.39 is 39.3 Å². The number of carbonyl (C=O) groups is 1. The second-order valence-electron chi connectivity index (χ2n) is 7.58. The molecule has 0 aliphatic heterocycles. The van der Waals surface area contributed by atoms with Gasteiger partial charge in [0.2, 0.25) is 16.0 Å². The first-order valence-corrected chi connectivity index (χ1v) is 11.8. The normalized spacial score (nSPS) is 12.0. The molecule has 0 atom stereocenters. The molecule has 3 aromatic carbocycles. The van der Waals surface area contributed by atoms with Crippen LogP contribution in [0.25, 0.3) is 11.0 Å². The molecule has 4 N–H and O–H groups in total. The van der Waals surface area contributed by atoms with Gasteiger partial charge in [0.1, 0.15) is 17.3 Å². The number of nitrogen functional groups attached to an aromatic ring is 1. The lowest BCUT2D eigenvalue weighted by Gasteiger charge is -2.22. The molecule has 0 radical (unpaired) electrons. The summed E-state index contributed by atoms with van der Waals surface area (Å²) in [4.78, 5) is 16.6. The van der Waals surface area contributed by atoms with Gasteiger partial charge in [0.25, 0.3) is 0 Å². The van der Waals surface area contributed by atoms with Gasteiger partial charge in [0.15, 0.2) is 0 Å². The number of carbonyl (C=O) groups excluding carboxylic acids is 1. The van der Waals surface area contributed by atoms with Gasteiger partial charge in [-0.3, -0.25) is 4.90 Å². The van der Waals surface area contributed by atoms with E-state index in [0.29, 0.717) is 23.1 Å². The molecule has 0 aliphatic rings. The van der Waals surface area contributed by atoms with Crippen molar-refractivity contribution in [2.45, 2.75) is 6.18 Å². The fourth-order valence-corrected chi connectivity index (χ4v) is 4.41. The lowest BCUT2D eigenvalue weighted by molar-refractivity contribution is -0.137. The largest absolute Gasteiger partial charge is 0.457 e. The first kappa shape index (κ1) is 24.8. The molecule has 0 unspecified atom stereocenters. The monoisotopic (exact) mass is 523 g/mol. The zero-order valence-electron chi connectivity index (χ0n) is 18.3. The number of primary amides is 1. The van der Waals surface area contributed by atoms with Crippen LogP contribution < -0.4 is 21.1 Å². The summed E-state index contributed by atoms with van der Waals surface area (Å²) in [6.45, 7) is 0. The number of hydrogen-bond acceptors (Lipinski definition) is 6. The van der Waals surface area contributed by atoms with Crippen LogP contribution in [-0.2, 0) is 16.2 Å². The highest BCUT2D eigenvalue weighted by molar-refractivity contribution is 7.89. The number of rotatable bonds is 5. The van der Waals surface area contributed by atoms with Gasteiger partial charge in [-0.25, -0.2) is 26.6 Å². The zero-order valence-corrected chi connectivity index (χ0v) is 19.1. The SMILES string of the molecule is CS(=O)(=O)n1c(N)nc2cc(Oc3ccc(N(C(N)=O)c4cc(C(F)(F)F)ccc4F)cc3)ccc21. The van der Waals surface area contributed by atoms with Crippen LogP contribution in [-0.4, -0.2) is 29.7 Å². The van der Waals surface area contributed by atoms with Gasteiger partial charge in [-0.05, 0) is 54.6 Å². The van der Waals surface area contributed by atoms with E-state index in [0.717, 1.165) is 10.2 Å². The second-order valence-corrected chi connectivity index (χ2v) is 9.41. The zero-order chi connectivity index (χ0) is 26.4. The van der Waals surface area contributed by atoms with Crippen molar-refractivity contribution in [1.82, 2.24) is 8.96 Å². The van der Waals surface area contributed by atoms with Crippen LogP contribution in [0.5, 0.6) is 11.5 Å². The number of ether oxygens (including phenoxy) is 1. The topological polar surface area (TPSA) is 134 Å². The third-order valence-corrected chi connectivity index (χ3v) is 6.05. The van der Waals surface area contributed by atoms with Crippen molar-refractivity contribution >= 4 is 44.4 Å². The molecule has 0 fully saturated rings. The minimum Gasteiger partial charge on any atom is -0.457 e. The molecule has 0 saturated carbocycles. The summed E-state index contributed by atoms with van der Waals surface area (Å²) in [6, 6.07) is 10.2. The Balaban J connectivity index is 1.64. The fourth-order valence-electron chi connectivity index (χ4n) is 3.51. The molecule has 0 aliphatic carbocycles. The van der Waals surface area contributed by atoms with Crippen LogP contribution in [0, 0.1) is 5.82 Å². The number of aromatic nitrogens is 2. The summed E-state index contributed by atoms with van der Waals surface area (Å²) in [5.41, 5.74) is 9.71. The van der Waals surface area contributed by atoms with Crippen LogP contribution in [0.15, 0.2) is 60.7 Å². The van der Waals surface area contributed by atoms with Crippen LogP contribution >= 0.6 is 0 Å². The molecule has 0 spiro atoms. The number of nitrogens with zero attached hydrogens (tertiary/aromatic N) is 3. The lowest BCUT2D eigenvalue weighted by Crippen LogP contribution is -2.32. The molecule has 188 valence electrons. The van der Waals surface area contributed by atoms with Crippen molar-refractivity contribution in [3.63, 3.8) is 0 Å². The van der Waals surface area contributed by atoms with Crippen LogP contribution in [0.2, 0.25) is 0 Å². The summed E-state index contributed by atoms with van der Waals surface area (Å²) in [5.74, 6) is -0.794. The van der Waals surface area contributed by atoms with Gasteiger partial charge in [0.05, 0.1) is 34.2 Å². The van der Waals surface area contributed by atoms with E-state index >= 15 is 0 Å². The van der Waals surface area contributed by atoms with Crippen LogP contribution in [0.1, 0.15) is 5.56 Å². The Labute approximate surface area is 201 Å². The molecular weight excluding hydrogens is 506 g/mol. The van der Waals surface area contributed by atoms with Crippen molar-refractivity contribution in [3.05, 3.63) is 72.0 Å². The average molecular weight is 523 g/mol. The lowest BCUT2D eigenvalue weighted by atomic mass is 10.1. The van der Waals surface area contributed by atoms with Gasteiger partial charge in [0, 0.05) is 6.07 Å². The Bertz CT molecular complexity index is 1580. The van der Waals surface area contributed by atoms with Crippen molar-refractivity contribution in [3.8, 4) is 11.5 Å². The summed E-state index contributed by atoms with van der Waals surface area (Å²) < 4.78 is 84.1. The molecule has 2 amide bonds. The Kier molecular flexibility index (Phi) is 6.00. The third kappa shape index (κ3) is 4.75. The number of halogens is 4. The second kappa shape index (κ2) is 8.71. The first-order chi connectivity index (χ1) is 16.8. The van der Waals surface area contributed by atoms with E-state index in [1.54, 1.807) is 0 Å². The van der Waals surface area contributed by atoms with Crippen molar-refractivity contribution in [2.75, 3.05) is 16.9 Å². The van der Waals surface area contributed by atoms with Gasteiger partial charge >= 0.3 is 12.2 Å². The van der Waals surface area contributed by atoms with Crippen LogP contribution in [0.3, 0.4) is 0 Å². The Morgan fingerprint density at radius 1 is 1.03 bits per heavy atom. The van der Waals surface area contributed by atoms with Crippen molar-refractivity contribution in [2.24, 2.45) is 5.73 Å². The fraction of sp³-hybridized carbons (Fsp3) is 0.0909. The number of nitrogens with two attached hydrogens (primary N) is 2. The average Bonchev–Trinajstić information content (AvgIpc) is 3.10. The van der Waals surface area contributed by atoms with E-state index in [4.69, 9.17) is 16.2 Å². The molecule has 1 heterocycles. The molecule has 0 bridgehead atoms. The molecular formula is C22H17F4N5O4S. The number of hydrogen-bond donors (Lipinski definition) is 2. The molecule has 0 saturated heterocycles. The number of alkyl halides is 3. The maximum Gasteiger partial charge on any atom is 0.416 e. The van der Waals surface area contributed by atoms with E-state index in [1.807, 2.05) is 0 Å². The Morgan fingerprint density at radius 2 is 1.67 bits per heavy atom. The predicted molar refractivity (Wildman–Crippen MR) is 124 cm³/mol. The van der Waals surface area contributed by atoms with Crippen molar-refractivity contribution in [1.29, 1.82) is 0 Å². The molecule has 36 heavy (non-hydrogen) atoms. The van der Waals surface area contributed by atoms with Gasteiger partial charge < -0.3 is 16.2 Å². The minimum atomic E-state index is -4.76. The number of benzene rings is 3. The highest BCUT2D eigenvalue weighted by Crippen LogP contribution is 2.36. The van der Waals surface area contributed by atoms with E-state index in [9.17, 15) is 30.8 Å². The minimum absolute atomic E-state index is 0.0109. The Morgan fingerprint density at radius 3 is 2.25 bits per heavy atom. The summed E-state index contributed by atoms with van der Waals surface area (Å²) in [7, 11) is -3.69. The smallest absolute Gasteiger partial charge is 0.416 e. The number of imidazole rings is 1. The molecule has 14 heteroatoms. The van der Waals surface area contributed by atoms with Gasteiger partial charge in [-0.2, -0.15) is 13.2 Å². The molecule has 4 aromatic rings.